The van der Waals surface area contributed by atoms with Gasteiger partial charge in [0.1, 0.15) is 5.69 Å². The van der Waals surface area contributed by atoms with Gasteiger partial charge in [-0.25, -0.2) is 0 Å². The van der Waals surface area contributed by atoms with Crippen LogP contribution in [0.5, 0.6) is 0 Å². The molecule has 0 saturated carbocycles. The smallest absolute Gasteiger partial charge is 0.300 e. The van der Waals surface area contributed by atoms with Gasteiger partial charge in [-0.15, -0.1) is 0 Å². The lowest BCUT2D eigenvalue weighted by Gasteiger charge is -2.13. The molecule has 0 heterocycles. The summed E-state index contributed by atoms with van der Waals surface area (Å²) in [5.41, 5.74) is -0.635. The van der Waals surface area contributed by atoms with Gasteiger partial charge in [-0.3, -0.25) is 20.2 Å². The molecule has 86 valence electrons. The normalized spacial score (nSPS) is 9.94. The molecule has 1 rings (SSSR count). The Hall–Kier alpha value is -1.89. The molecule has 0 saturated heterocycles. The fourth-order valence-electron chi connectivity index (χ4n) is 1.26. The van der Waals surface area contributed by atoms with Crippen molar-refractivity contribution in [1.82, 2.24) is 0 Å². The summed E-state index contributed by atoms with van der Waals surface area (Å²) < 4.78 is 0. The van der Waals surface area contributed by atoms with E-state index in [1.54, 1.807) is 14.1 Å². The summed E-state index contributed by atoms with van der Waals surface area (Å²) in [4.78, 5) is 21.3. The third-order valence-electron chi connectivity index (χ3n) is 1.88. The first-order valence-corrected chi connectivity index (χ1v) is 4.52. The predicted molar refractivity (Wildman–Crippen MR) is 59.1 cm³/mol. The maximum atomic E-state index is 10.8. The summed E-state index contributed by atoms with van der Waals surface area (Å²) in [6.07, 6.45) is 0. The summed E-state index contributed by atoms with van der Waals surface area (Å²) >= 11 is 5.77. The van der Waals surface area contributed by atoms with Crippen LogP contribution in [-0.2, 0) is 0 Å². The van der Waals surface area contributed by atoms with Crippen molar-refractivity contribution < 1.29 is 9.85 Å². The van der Waals surface area contributed by atoms with Crippen molar-refractivity contribution in [2.75, 3.05) is 19.0 Å². The second kappa shape index (κ2) is 4.31. The van der Waals surface area contributed by atoms with Crippen LogP contribution in [0.1, 0.15) is 0 Å². The zero-order valence-electron chi connectivity index (χ0n) is 8.51. The second-order valence-corrected chi connectivity index (χ2v) is 3.61. The number of nitrogens with zero attached hydrogens (tertiary/aromatic N) is 3. The first-order valence-electron chi connectivity index (χ1n) is 4.14. The highest BCUT2D eigenvalue weighted by Crippen LogP contribution is 2.37. The Labute approximate surface area is 95.5 Å². The maximum Gasteiger partial charge on any atom is 0.300 e. The highest BCUT2D eigenvalue weighted by Gasteiger charge is 2.24. The van der Waals surface area contributed by atoms with Crippen LogP contribution in [0.15, 0.2) is 12.1 Å². The minimum Gasteiger partial charge on any atom is -0.371 e. The Morgan fingerprint density at radius 2 is 1.75 bits per heavy atom. The molecule has 0 aromatic heterocycles. The molecule has 1 aromatic rings. The predicted octanol–water partition coefficient (Wildman–Crippen LogP) is 2.22. The average Bonchev–Trinajstić information content (AvgIpc) is 2.15. The van der Waals surface area contributed by atoms with E-state index in [-0.39, 0.29) is 16.4 Å². The van der Waals surface area contributed by atoms with Gasteiger partial charge in [-0.2, -0.15) is 0 Å². The SMILES string of the molecule is CN(C)c1c(Cl)cc([N+](=O)[O-])cc1[N+](=O)[O-]. The number of anilines is 1. The zero-order chi connectivity index (χ0) is 12.5. The van der Waals surface area contributed by atoms with Crippen molar-refractivity contribution in [3.05, 3.63) is 37.4 Å². The van der Waals surface area contributed by atoms with Crippen molar-refractivity contribution in [2.45, 2.75) is 0 Å². The van der Waals surface area contributed by atoms with Crippen LogP contribution in [0.4, 0.5) is 17.1 Å². The Morgan fingerprint density at radius 3 is 2.12 bits per heavy atom. The number of non-ortho nitro benzene ring substituents is 1. The van der Waals surface area contributed by atoms with Crippen LogP contribution in [0.25, 0.3) is 0 Å². The molecule has 0 aliphatic rings. The largest absolute Gasteiger partial charge is 0.371 e. The molecule has 0 amide bonds. The zero-order valence-corrected chi connectivity index (χ0v) is 9.26. The summed E-state index contributed by atoms with van der Waals surface area (Å²) in [6.45, 7) is 0. The molecule has 0 unspecified atom stereocenters. The van der Waals surface area contributed by atoms with E-state index in [4.69, 9.17) is 11.6 Å². The molecule has 0 atom stereocenters. The molecule has 1 aromatic carbocycles. The Morgan fingerprint density at radius 1 is 1.19 bits per heavy atom. The lowest BCUT2D eigenvalue weighted by atomic mass is 10.2. The van der Waals surface area contributed by atoms with Gasteiger partial charge in [0.05, 0.1) is 20.9 Å². The second-order valence-electron chi connectivity index (χ2n) is 3.20. The van der Waals surface area contributed by atoms with E-state index in [9.17, 15) is 20.2 Å². The molecule has 8 heteroatoms. The standard InChI is InChI=1S/C8H8ClN3O4/c1-10(2)8-6(9)3-5(11(13)14)4-7(8)12(15)16/h3-4H,1-2H3. The summed E-state index contributed by atoms with van der Waals surface area (Å²) in [7, 11) is 3.14. The van der Waals surface area contributed by atoms with Crippen LogP contribution >= 0.6 is 11.6 Å². The highest BCUT2D eigenvalue weighted by molar-refractivity contribution is 6.34. The van der Waals surface area contributed by atoms with Crippen LogP contribution in [0.2, 0.25) is 5.02 Å². The molecule has 0 aliphatic carbocycles. The van der Waals surface area contributed by atoms with E-state index in [1.165, 1.54) is 4.90 Å². The van der Waals surface area contributed by atoms with E-state index in [1.807, 2.05) is 0 Å². The number of nitro groups is 2. The van der Waals surface area contributed by atoms with Crippen molar-refractivity contribution in [2.24, 2.45) is 0 Å². The van der Waals surface area contributed by atoms with E-state index in [0.717, 1.165) is 12.1 Å². The van der Waals surface area contributed by atoms with E-state index >= 15 is 0 Å². The summed E-state index contributed by atoms with van der Waals surface area (Å²) in [5, 5.41) is 21.2. The van der Waals surface area contributed by atoms with Gasteiger partial charge < -0.3 is 4.90 Å². The van der Waals surface area contributed by atoms with E-state index < -0.39 is 15.5 Å². The Balaban J connectivity index is 3.52. The van der Waals surface area contributed by atoms with E-state index in [0.29, 0.717) is 0 Å². The third kappa shape index (κ3) is 2.19. The minimum atomic E-state index is -0.724. The third-order valence-corrected chi connectivity index (χ3v) is 2.17. The topological polar surface area (TPSA) is 89.5 Å². The molecule has 0 fully saturated rings. The fourth-order valence-corrected chi connectivity index (χ4v) is 1.64. The first-order chi connectivity index (χ1) is 7.34. The lowest BCUT2D eigenvalue weighted by Crippen LogP contribution is -2.12. The minimum absolute atomic E-state index is 0.0223. The molecule has 0 N–H and O–H groups in total. The van der Waals surface area contributed by atoms with Crippen LogP contribution in [0, 0.1) is 20.2 Å². The van der Waals surface area contributed by atoms with Gasteiger partial charge >= 0.3 is 5.69 Å². The molecular weight excluding hydrogens is 238 g/mol. The molecule has 7 nitrogen and oxygen atoms in total. The van der Waals surface area contributed by atoms with Crippen molar-refractivity contribution in [3.8, 4) is 0 Å². The number of hydrogen-bond donors (Lipinski definition) is 0. The number of halogens is 1. The number of rotatable bonds is 3. The van der Waals surface area contributed by atoms with Crippen LogP contribution < -0.4 is 4.90 Å². The number of hydrogen-bond acceptors (Lipinski definition) is 5. The summed E-state index contributed by atoms with van der Waals surface area (Å²) in [5.74, 6) is 0. The molecule has 0 spiro atoms. The molecular formula is C8H8ClN3O4. The van der Waals surface area contributed by atoms with Crippen LogP contribution in [-0.4, -0.2) is 23.9 Å². The van der Waals surface area contributed by atoms with Crippen molar-refractivity contribution in [3.63, 3.8) is 0 Å². The highest BCUT2D eigenvalue weighted by atomic mass is 35.5. The molecule has 16 heavy (non-hydrogen) atoms. The van der Waals surface area contributed by atoms with Gasteiger partial charge in [0.15, 0.2) is 0 Å². The monoisotopic (exact) mass is 245 g/mol. The lowest BCUT2D eigenvalue weighted by molar-refractivity contribution is -0.393. The van der Waals surface area contributed by atoms with Gasteiger partial charge in [0.25, 0.3) is 5.69 Å². The van der Waals surface area contributed by atoms with Crippen molar-refractivity contribution in [1.29, 1.82) is 0 Å². The average molecular weight is 246 g/mol. The van der Waals surface area contributed by atoms with Crippen molar-refractivity contribution >= 4 is 28.7 Å². The summed E-state index contributed by atoms with van der Waals surface area (Å²) in [6, 6.07) is 1.98. The van der Waals surface area contributed by atoms with Gasteiger partial charge in [0, 0.05) is 20.2 Å². The van der Waals surface area contributed by atoms with Gasteiger partial charge in [-0.1, -0.05) is 11.6 Å². The number of nitro benzene ring substituents is 2. The fraction of sp³-hybridized carbons (Fsp3) is 0.250. The Bertz CT molecular complexity index is 461. The quantitative estimate of drug-likeness (QED) is 0.602. The van der Waals surface area contributed by atoms with E-state index in [2.05, 4.69) is 0 Å². The Kier molecular flexibility index (Phi) is 3.28. The maximum absolute atomic E-state index is 10.8. The molecule has 0 radical (unpaired) electrons. The van der Waals surface area contributed by atoms with Crippen LogP contribution in [0.3, 0.4) is 0 Å². The molecule has 0 aliphatic heterocycles. The van der Waals surface area contributed by atoms with Gasteiger partial charge in [0.2, 0.25) is 0 Å². The van der Waals surface area contributed by atoms with Gasteiger partial charge in [-0.05, 0) is 0 Å². The first kappa shape index (κ1) is 12.2. The molecule has 0 bridgehead atoms. The number of benzene rings is 1.